The number of hydrogen-bond donors (Lipinski definition) is 2. The number of ether oxygens (including phenoxy) is 4. The van der Waals surface area contributed by atoms with Crippen LogP contribution in [0, 0.1) is 17.8 Å². The normalized spacial score (nSPS) is 20.6. The van der Waals surface area contributed by atoms with Gasteiger partial charge in [-0.3, -0.25) is 9.59 Å². The van der Waals surface area contributed by atoms with E-state index in [2.05, 4.69) is 10.6 Å². The van der Waals surface area contributed by atoms with Crippen LogP contribution >= 0.6 is 0 Å². The van der Waals surface area contributed by atoms with E-state index in [-0.39, 0.29) is 35.8 Å². The topological polar surface area (TPSA) is 98.4 Å². The number of carbonyl (C=O) groups is 2. The predicted octanol–water partition coefficient (Wildman–Crippen LogP) is 3.51. The molecule has 1 aromatic carbocycles. The summed E-state index contributed by atoms with van der Waals surface area (Å²) < 4.78 is 22.1. The molecule has 1 saturated heterocycles. The molecule has 220 valence electrons. The molecule has 0 unspecified atom stereocenters. The van der Waals surface area contributed by atoms with Gasteiger partial charge in [0.1, 0.15) is 6.10 Å². The van der Waals surface area contributed by atoms with Gasteiger partial charge in [0.15, 0.2) is 11.5 Å². The van der Waals surface area contributed by atoms with E-state index in [4.69, 9.17) is 18.9 Å². The minimum atomic E-state index is -0.382. The van der Waals surface area contributed by atoms with Crippen molar-refractivity contribution in [1.29, 1.82) is 0 Å². The summed E-state index contributed by atoms with van der Waals surface area (Å²) in [5.41, 5.74) is 0.567. The van der Waals surface area contributed by atoms with Crippen LogP contribution in [-0.4, -0.2) is 89.6 Å². The summed E-state index contributed by atoms with van der Waals surface area (Å²) in [6.45, 7) is 7.96. The van der Waals surface area contributed by atoms with Crippen molar-refractivity contribution in [3.05, 3.63) is 23.8 Å². The number of nitrogens with one attached hydrogen (secondary N) is 2. The summed E-state index contributed by atoms with van der Waals surface area (Å²) in [6, 6.07) is 5.36. The van der Waals surface area contributed by atoms with Crippen molar-refractivity contribution >= 4 is 11.8 Å². The summed E-state index contributed by atoms with van der Waals surface area (Å²) in [4.78, 5) is 28.6. The molecular weight excluding hydrogens is 498 g/mol. The van der Waals surface area contributed by atoms with Crippen molar-refractivity contribution < 1.29 is 28.5 Å². The maximum absolute atomic E-state index is 13.7. The molecule has 3 atom stereocenters. The second-order valence-corrected chi connectivity index (χ2v) is 11.1. The summed E-state index contributed by atoms with van der Waals surface area (Å²) in [5, 5.41) is 6.63. The van der Waals surface area contributed by atoms with Crippen LogP contribution in [0.25, 0.3) is 0 Å². The van der Waals surface area contributed by atoms with Gasteiger partial charge < -0.3 is 34.5 Å². The third kappa shape index (κ3) is 8.82. The Bertz CT molecular complexity index is 905. The minimum absolute atomic E-state index is 0.0110. The van der Waals surface area contributed by atoms with Gasteiger partial charge in [-0.1, -0.05) is 19.3 Å². The molecule has 0 bridgehead atoms. The smallest absolute Gasteiger partial charge is 0.254 e. The molecule has 2 amide bonds. The van der Waals surface area contributed by atoms with Gasteiger partial charge in [0.25, 0.3) is 5.91 Å². The van der Waals surface area contributed by atoms with Gasteiger partial charge in [-0.2, -0.15) is 0 Å². The van der Waals surface area contributed by atoms with E-state index in [0.29, 0.717) is 49.3 Å². The Kier molecular flexibility index (Phi) is 12.8. The van der Waals surface area contributed by atoms with E-state index >= 15 is 0 Å². The molecule has 2 fully saturated rings. The lowest BCUT2D eigenvalue weighted by Crippen LogP contribution is -2.46. The highest BCUT2D eigenvalue weighted by atomic mass is 16.5. The van der Waals surface area contributed by atoms with Gasteiger partial charge in [0, 0.05) is 65.0 Å². The second-order valence-electron chi connectivity index (χ2n) is 11.1. The average molecular weight is 548 g/mol. The summed E-state index contributed by atoms with van der Waals surface area (Å²) in [5.74, 6) is 1.87. The van der Waals surface area contributed by atoms with E-state index in [0.717, 1.165) is 32.4 Å². The first-order valence-corrected chi connectivity index (χ1v) is 14.5. The fourth-order valence-corrected chi connectivity index (χ4v) is 5.78. The zero-order valence-corrected chi connectivity index (χ0v) is 24.5. The molecular formula is C30H49N3O6. The van der Waals surface area contributed by atoms with Crippen LogP contribution in [-0.2, 0) is 14.3 Å². The van der Waals surface area contributed by atoms with Gasteiger partial charge in [0.2, 0.25) is 5.91 Å². The molecule has 1 saturated carbocycles. The van der Waals surface area contributed by atoms with Gasteiger partial charge in [0.05, 0.1) is 13.7 Å². The van der Waals surface area contributed by atoms with E-state index < -0.39 is 0 Å². The quantitative estimate of drug-likeness (QED) is 0.324. The molecule has 2 N–H and O–H groups in total. The summed E-state index contributed by atoms with van der Waals surface area (Å²) in [6.07, 6.45) is 6.05. The molecule has 9 heteroatoms. The van der Waals surface area contributed by atoms with Crippen molar-refractivity contribution in [2.45, 2.75) is 64.5 Å². The van der Waals surface area contributed by atoms with Gasteiger partial charge >= 0.3 is 0 Å². The van der Waals surface area contributed by atoms with E-state index in [1.807, 2.05) is 18.7 Å². The number of carbonyl (C=O) groups excluding carboxylic acids is 2. The zero-order valence-electron chi connectivity index (χ0n) is 24.5. The van der Waals surface area contributed by atoms with Crippen molar-refractivity contribution in [3.63, 3.8) is 0 Å². The zero-order chi connectivity index (χ0) is 28.2. The van der Waals surface area contributed by atoms with Crippen molar-refractivity contribution in [1.82, 2.24) is 15.5 Å². The number of rotatable bonds is 15. The van der Waals surface area contributed by atoms with Crippen LogP contribution in [0.2, 0.25) is 0 Å². The van der Waals surface area contributed by atoms with E-state index in [1.54, 1.807) is 39.5 Å². The van der Waals surface area contributed by atoms with Crippen molar-refractivity contribution in [2.24, 2.45) is 17.8 Å². The Balaban J connectivity index is 1.62. The molecule has 0 spiro atoms. The predicted molar refractivity (Wildman–Crippen MR) is 151 cm³/mol. The number of benzene rings is 1. The van der Waals surface area contributed by atoms with Gasteiger partial charge in [-0.05, 0) is 62.6 Å². The summed E-state index contributed by atoms with van der Waals surface area (Å²) >= 11 is 0. The average Bonchev–Trinajstić information content (AvgIpc) is 3.40. The van der Waals surface area contributed by atoms with Crippen LogP contribution in [0.3, 0.4) is 0 Å². The van der Waals surface area contributed by atoms with Crippen molar-refractivity contribution in [2.75, 3.05) is 60.7 Å². The van der Waals surface area contributed by atoms with Gasteiger partial charge in [-0.15, -0.1) is 0 Å². The second kappa shape index (κ2) is 16.0. The third-order valence-corrected chi connectivity index (χ3v) is 8.08. The molecule has 0 aromatic heterocycles. The maximum Gasteiger partial charge on any atom is 0.254 e. The van der Waals surface area contributed by atoms with Crippen molar-refractivity contribution in [3.8, 4) is 11.5 Å². The lowest BCUT2D eigenvalue weighted by molar-refractivity contribution is -0.135. The lowest BCUT2D eigenvalue weighted by atomic mass is 9.84. The third-order valence-electron chi connectivity index (χ3n) is 8.08. The molecule has 1 aliphatic carbocycles. The maximum atomic E-state index is 13.7. The summed E-state index contributed by atoms with van der Waals surface area (Å²) in [7, 11) is 4.89. The number of nitrogens with zero attached hydrogens (tertiary/aromatic N) is 1. The minimum Gasteiger partial charge on any atom is -0.493 e. The van der Waals surface area contributed by atoms with Crippen LogP contribution < -0.4 is 20.1 Å². The van der Waals surface area contributed by atoms with Gasteiger partial charge in [-0.25, -0.2) is 0 Å². The number of methoxy groups -OCH3 is 3. The molecule has 1 aromatic rings. The number of amides is 2. The van der Waals surface area contributed by atoms with E-state index in [9.17, 15) is 9.59 Å². The Hall–Kier alpha value is -2.36. The Morgan fingerprint density at radius 1 is 1.03 bits per heavy atom. The first-order valence-electron chi connectivity index (χ1n) is 14.5. The lowest BCUT2D eigenvalue weighted by Gasteiger charge is -2.32. The largest absolute Gasteiger partial charge is 0.493 e. The fourth-order valence-electron chi connectivity index (χ4n) is 5.78. The Labute approximate surface area is 234 Å². The fraction of sp³-hybridized carbons (Fsp3) is 0.733. The molecule has 1 heterocycles. The molecule has 1 aliphatic heterocycles. The Morgan fingerprint density at radius 3 is 2.44 bits per heavy atom. The molecule has 3 rings (SSSR count). The van der Waals surface area contributed by atoms with Crippen LogP contribution in [0.1, 0.15) is 62.7 Å². The first-order chi connectivity index (χ1) is 18.9. The molecule has 9 nitrogen and oxygen atoms in total. The highest BCUT2D eigenvalue weighted by Crippen LogP contribution is 2.30. The highest BCUT2D eigenvalue weighted by molar-refractivity contribution is 5.95. The molecule has 39 heavy (non-hydrogen) atoms. The molecule has 2 aliphatic rings. The monoisotopic (exact) mass is 547 g/mol. The van der Waals surface area contributed by atoms with Crippen LogP contribution in [0.5, 0.6) is 11.5 Å². The standard InChI is InChI=1S/C30H49N3O6/c1-21(2)33(30(35)23-12-13-26(37-4)27(16-23)39-15-9-14-36-3)20-25-18-31-17-24(25)19-32-29(34)28(38-5)22-10-7-6-8-11-22/h12-13,16,21-22,24-25,28,31H,6-11,14-15,17-20H2,1-5H3,(H,32,34)/t24-,25-,28+/m0/s1. The first kappa shape index (κ1) is 31.2. The number of hydrogen-bond acceptors (Lipinski definition) is 7. The molecule has 0 radical (unpaired) electrons. The highest BCUT2D eigenvalue weighted by Gasteiger charge is 2.34. The van der Waals surface area contributed by atoms with Crippen LogP contribution in [0.15, 0.2) is 18.2 Å². The SMILES string of the molecule is COCCCOc1cc(C(=O)N(C[C@@H]2CNC[C@H]2CNC(=O)[C@H](OC)C2CCCCC2)C(C)C)ccc1OC. The Morgan fingerprint density at radius 2 is 1.77 bits per heavy atom. The van der Waals surface area contributed by atoms with E-state index in [1.165, 1.54) is 19.3 Å². The van der Waals surface area contributed by atoms with Crippen LogP contribution in [0.4, 0.5) is 0 Å².